The van der Waals surface area contributed by atoms with Crippen molar-refractivity contribution in [3.8, 4) is 5.69 Å². The highest BCUT2D eigenvalue weighted by Gasteiger charge is 2.17. The van der Waals surface area contributed by atoms with Crippen molar-refractivity contribution in [2.24, 2.45) is 0 Å². The van der Waals surface area contributed by atoms with Crippen LogP contribution in [0, 0.1) is 0 Å². The number of thiazole rings is 1. The lowest BCUT2D eigenvalue weighted by Crippen LogP contribution is -2.16. The van der Waals surface area contributed by atoms with Crippen LogP contribution < -0.4 is 10.6 Å². The average Bonchev–Trinajstić information content (AvgIpc) is 3.26. The smallest absolute Gasteiger partial charge is 0.277 e. The number of carbonyl (C=O) groups excluding carboxylic acids is 2. The first-order valence-electron chi connectivity index (χ1n) is 8.19. The zero-order valence-corrected chi connectivity index (χ0v) is 15.2. The highest BCUT2D eigenvalue weighted by atomic mass is 32.1. The molecule has 0 aliphatic rings. The largest absolute Gasteiger partial charge is 0.302 e. The predicted molar refractivity (Wildman–Crippen MR) is 105 cm³/mol. The summed E-state index contributed by atoms with van der Waals surface area (Å²) in [7, 11) is 0. The summed E-state index contributed by atoms with van der Waals surface area (Å²) in [5, 5.41) is 7.37. The van der Waals surface area contributed by atoms with Gasteiger partial charge in [0.15, 0.2) is 5.13 Å². The van der Waals surface area contributed by atoms with Crippen LogP contribution in [0.3, 0.4) is 0 Å². The van der Waals surface area contributed by atoms with Crippen molar-refractivity contribution < 1.29 is 9.59 Å². The molecule has 4 rings (SSSR count). The van der Waals surface area contributed by atoms with Gasteiger partial charge in [-0.25, -0.2) is 9.97 Å². The molecule has 2 heterocycles. The molecule has 8 heteroatoms. The van der Waals surface area contributed by atoms with E-state index < -0.39 is 5.91 Å². The van der Waals surface area contributed by atoms with Crippen molar-refractivity contribution in [3.05, 3.63) is 65.7 Å². The summed E-state index contributed by atoms with van der Waals surface area (Å²) in [5.74, 6) is -0.223. The molecule has 2 amide bonds. The lowest BCUT2D eigenvalue weighted by molar-refractivity contribution is -0.114. The number of fused-ring (bicyclic) bond motifs is 1. The van der Waals surface area contributed by atoms with Crippen LogP contribution >= 0.6 is 11.3 Å². The molecule has 2 N–H and O–H groups in total. The van der Waals surface area contributed by atoms with E-state index in [0.717, 1.165) is 16.7 Å². The Bertz CT molecular complexity index is 1130. The quantitative estimate of drug-likeness (QED) is 0.568. The van der Waals surface area contributed by atoms with Gasteiger partial charge in [0.25, 0.3) is 5.91 Å². The molecule has 2 aromatic carbocycles. The zero-order valence-electron chi connectivity index (χ0n) is 14.3. The third-order valence-electron chi connectivity index (χ3n) is 3.82. The first-order valence-corrected chi connectivity index (χ1v) is 9.07. The molecular formula is C19H15N5O2S. The number of rotatable bonds is 4. The summed E-state index contributed by atoms with van der Waals surface area (Å²) in [6.45, 7) is 1.39. The van der Waals surface area contributed by atoms with Gasteiger partial charge in [-0.05, 0) is 24.3 Å². The maximum Gasteiger partial charge on any atom is 0.277 e. The minimum atomic E-state index is -0.393. The fourth-order valence-electron chi connectivity index (χ4n) is 2.70. The molecule has 134 valence electrons. The van der Waals surface area contributed by atoms with Gasteiger partial charge in [-0.1, -0.05) is 30.3 Å². The summed E-state index contributed by atoms with van der Waals surface area (Å²) < 4.78 is 1.88. The van der Waals surface area contributed by atoms with Gasteiger partial charge >= 0.3 is 0 Å². The fraction of sp³-hybridized carbons (Fsp3) is 0.0526. The topological polar surface area (TPSA) is 88.9 Å². The molecule has 27 heavy (non-hydrogen) atoms. The molecule has 0 bridgehead atoms. The van der Waals surface area contributed by atoms with E-state index in [1.165, 1.54) is 18.3 Å². The second kappa shape index (κ2) is 7.00. The van der Waals surface area contributed by atoms with E-state index in [2.05, 4.69) is 20.6 Å². The second-order valence-electron chi connectivity index (χ2n) is 5.77. The highest BCUT2D eigenvalue weighted by molar-refractivity contribution is 7.14. The van der Waals surface area contributed by atoms with Gasteiger partial charge in [0.05, 0.1) is 11.0 Å². The number of para-hydroxylation sites is 3. The van der Waals surface area contributed by atoms with Crippen LogP contribution in [0.25, 0.3) is 16.7 Å². The lowest BCUT2D eigenvalue weighted by Gasteiger charge is -2.09. The number of imidazole rings is 1. The number of hydrogen-bond donors (Lipinski definition) is 2. The Hall–Kier alpha value is -3.52. The van der Waals surface area contributed by atoms with E-state index in [1.54, 1.807) is 5.38 Å². The van der Waals surface area contributed by atoms with Gasteiger partial charge in [-0.3, -0.25) is 19.5 Å². The maximum atomic E-state index is 12.6. The number of aromatic nitrogens is 3. The molecule has 2 aromatic heterocycles. The van der Waals surface area contributed by atoms with E-state index in [4.69, 9.17) is 0 Å². The molecule has 0 unspecified atom stereocenters. The summed E-state index contributed by atoms with van der Waals surface area (Å²) in [6, 6.07) is 17.3. The Morgan fingerprint density at radius 1 is 0.963 bits per heavy atom. The van der Waals surface area contributed by atoms with Crippen LogP contribution in [0.15, 0.2) is 60.0 Å². The van der Waals surface area contributed by atoms with E-state index in [0.29, 0.717) is 11.1 Å². The second-order valence-corrected chi connectivity index (χ2v) is 6.63. The predicted octanol–water partition coefficient (Wildman–Crippen LogP) is 3.69. The Morgan fingerprint density at radius 3 is 2.48 bits per heavy atom. The first-order chi connectivity index (χ1) is 13.1. The minimum absolute atomic E-state index is 0.218. The normalized spacial score (nSPS) is 10.7. The number of amides is 2. The zero-order chi connectivity index (χ0) is 18.8. The molecule has 0 radical (unpaired) electrons. The van der Waals surface area contributed by atoms with Gasteiger partial charge < -0.3 is 5.32 Å². The Kier molecular flexibility index (Phi) is 4.39. The monoisotopic (exact) mass is 377 g/mol. The van der Waals surface area contributed by atoms with Crippen LogP contribution in [0.2, 0.25) is 0 Å². The van der Waals surface area contributed by atoms with E-state index in [1.807, 2.05) is 59.2 Å². The number of carbonyl (C=O) groups is 2. The molecule has 0 saturated carbocycles. The summed E-state index contributed by atoms with van der Waals surface area (Å²) in [4.78, 5) is 32.5. The molecule has 4 aromatic rings. The number of nitrogens with zero attached hydrogens (tertiary/aromatic N) is 3. The van der Waals surface area contributed by atoms with Gasteiger partial charge in [-0.2, -0.15) is 0 Å². The highest BCUT2D eigenvalue weighted by Crippen LogP contribution is 2.25. The minimum Gasteiger partial charge on any atom is -0.302 e. The Balaban J connectivity index is 1.70. The molecule has 0 aliphatic carbocycles. The molecule has 0 spiro atoms. The fourth-order valence-corrected chi connectivity index (χ4v) is 3.44. The van der Waals surface area contributed by atoms with E-state index >= 15 is 0 Å². The number of benzene rings is 2. The molecule has 7 nitrogen and oxygen atoms in total. The maximum absolute atomic E-state index is 12.6. The SMILES string of the molecule is CC(=O)Nc1nc(C(=O)Nc2nc3ccccc3n2-c2ccccc2)cs1. The van der Waals surface area contributed by atoms with Crippen LogP contribution in [0.4, 0.5) is 11.1 Å². The standard InChI is InChI=1S/C19H15N5O2S/c1-12(25)20-19-22-15(11-27-19)17(26)23-18-21-14-9-5-6-10-16(14)24(18)13-7-3-2-4-8-13/h2-11H,1H3,(H,20,22,25)(H,21,23,26). The van der Waals surface area contributed by atoms with E-state index in [-0.39, 0.29) is 11.6 Å². The first kappa shape index (κ1) is 16.9. The summed E-state index contributed by atoms with van der Waals surface area (Å²) in [5.41, 5.74) is 2.76. The lowest BCUT2D eigenvalue weighted by atomic mass is 10.3. The number of anilines is 2. The van der Waals surface area contributed by atoms with Crippen molar-refractivity contribution in [2.75, 3.05) is 10.6 Å². The Labute approximate surface area is 158 Å². The van der Waals surface area contributed by atoms with Crippen LogP contribution in [-0.4, -0.2) is 26.3 Å². The molecule has 0 saturated heterocycles. The van der Waals surface area contributed by atoms with Crippen molar-refractivity contribution in [3.63, 3.8) is 0 Å². The van der Waals surface area contributed by atoms with Crippen molar-refractivity contribution in [2.45, 2.75) is 6.92 Å². The van der Waals surface area contributed by atoms with Crippen LogP contribution in [0.5, 0.6) is 0 Å². The van der Waals surface area contributed by atoms with Gasteiger partial charge in [0.2, 0.25) is 11.9 Å². The number of nitrogens with one attached hydrogen (secondary N) is 2. The van der Waals surface area contributed by atoms with Crippen molar-refractivity contribution in [1.82, 2.24) is 14.5 Å². The van der Waals surface area contributed by atoms with Crippen molar-refractivity contribution >= 4 is 45.3 Å². The molecule has 0 aliphatic heterocycles. The Morgan fingerprint density at radius 2 is 1.70 bits per heavy atom. The molecule has 0 atom stereocenters. The summed E-state index contributed by atoms with van der Waals surface area (Å²) in [6.07, 6.45) is 0. The summed E-state index contributed by atoms with van der Waals surface area (Å²) >= 11 is 1.19. The number of hydrogen-bond acceptors (Lipinski definition) is 5. The average molecular weight is 377 g/mol. The molecule has 0 fully saturated rings. The van der Waals surface area contributed by atoms with Gasteiger partial charge in [0, 0.05) is 18.0 Å². The third-order valence-corrected chi connectivity index (χ3v) is 4.58. The van der Waals surface area contributed by atoms with Crippen molar-refractivity contribution in [1.29, 1.82) is 0 Å². The van der Waals surface area contributed by atoms with Gasteiger partial charge in [-0.15, -0.1) is 11.3 Å². The third kappa shape index (κ3) is 3.42. The molecular weight excluding hydrogens is 362 g/mol. The van der Waals surface area contributed by atoms with Crippen LogP contribution in [-0.2, 0) is 4.79 Å². The van der Waals surface area contributed by atoms with Gasteiger partial charge in [0.1, 0.15) is 5.69 Å². The van der Waals surface area contributed by atoms with Crippen LogP contribution in [0.1, 0.15) is 17.4 Å². The van der Waals surface area contributed by atoms with E-state index in [9.17, 15) is 9.59 Å².